The Morgan fingerprint density at radius 3 is 2.88 bits per heavy atom. The third-order valence-electron chi connectivity index (χ3n) is 4.32. The fourth-order valence-electron chi connectivity index (χ4n) is 3.10. The number of benzene rings is 2. The third kappa shape index (κ3) is 3.14. The van der Waals surface area contributed by atoms with E-state index in [-0.39, 0.29) is 30.9 Å². The summed E-state index contributed by atoms with van der Waals surface area (Å²) in [6, 6.07) is 7.76. The van der Waals surface area contributed by atoms with Crippen LogP contribution < -0.4 is 14.8 Å². The number of thioether (sulfide) groups is 1. The molecule has 6 nitrogen and oxygen atoms in total. The van der Waals surface area contributed by atoms with Crippen LogP contribution >= 0.6 is 11.8 Å². The average Bonchev–Trinajstić information content (AvgIpc) is 3.06. The van der Waals surface area contributed by atoms with Crippen molar-refractivity contribution in [1.82, 2.24) is 5.32 Å². The highest BCUT2D eigenvalue weighted by atomic mass is 32.2. The Bertz CT molecular complexity index is 846. The first-order valence-corrected chi connectivity index (χ1v) is 8.83. The number of nitro groups is 1. The average molecular weight is 362 g/mol. The highest BCUT2D eigenvalue weighted by Crippen LogP contribution is 2.39. The molecule has 2 aliphatic heterocycles. The van der Waals surface area contributed by atoms with Gasteiger partial charge in [0.05, 0.1) is 11.0 Å². The minimum absolute atomic E-state index is 0.0126. The summed E-state index contributed by atoms with van der Waals surface area (Å²) in [4.78, 5) is 12.0. The van der Waals surface area contributed by atoms with Crippen molar-refractivity contribution >= 4 is 17.4 Å². The van der Waals surface area contributed by atoms with E-state index >= 15 is 0 Å². The van der Waals surface area contributed by atoms with Crippen molar-refractivity contribution in [2.24, 2.45) is 0 Å². The lowest BCUT2D eigenvalue weighted by Gasteiger charge is -2.26. The number of hydrogen-bond acceptors (Lipinski definition) is 6. The second-order valence-electron chi connectivity index (χ2n) is 5.84. The van der Waals surface area contributed by atoms with Crippen molar-refractivity contribution in [2.45, 2.75) is 23.9 Å². The van der Waals surface area contributed by atoms with Crippen LogP contribution in [0.25, 0.3) is 0 Å². The molecule has 4 rings (SSSR count). The van der Waals surface area contributed by atoms with Gasteiger partial charge in [0.1, 0.15) is 5.82 Å². The number of hydrogen-bond donors (Lipinski definition) is 1. The molecule has 0 bridgehead atoms. The molecule has 1 N–H and O–H groups in total. The summed E-state index contributed by atoms with van der Waals surface area (Å²) < 4.78 is 24.1. The molecule has 8 heteroatoms. The number of rotatable bonds is 4. The smallest absolute Gasteiger partial charge is 0.277 e. The summed E-state index contributed by atoms with van der Waals surface area (Å²) in [6.07, 6.45) is 0.833. The fraction of sp³-hybridized carbons (Fsp3) is 0.294. The van der Waals surface area contributed by atoms with Crippen LogP contribution in [0, 0.1) is 15.9 Å². The lowest BCUT2D eigenvalue weighted by molar-refractivity contribution is -0.385. The van der Waals surface area contributed by atoms with E-state index in [4.69, 9.17) is 9.47 Å². The molecule has 0 aliphatic carbocycles. The highest BCUT2D eigenvalue weighted by Gasteiger charge is 2.25. The maximum Gasteiger partial charge on any atom is 0.277 e. The topological polar surface area (TPSA) is 73.6 Å². The Kier molecular flexibility index (Phi) is 4.22. The zero-order valence-corrected chi connectivity index (χ0v) is 14.0. The van der Waals surface area contributed by atoms with E-state index in [0.29, 0.717) is 17.1 Å². The van der Waals surface area contributed by atoms with Crippen molar-refractivity contribution in [1.29, 1.82) is 0 Å². The molecular weight excluding hydrogens is 347 g/mol. The van der Waals surface area contributed by atoms with Crippen LogP contribution in [0.4, 0.5) is 10.1 Å². The van der Waals surface area contributed by atoms with E-state index in [0.717, 1.165) is 22.6 Å². The number of fused-ring (bicyclic) bond motifs is 2. The number of ether oxygens (including phenoxy) is 2. The minimum Gasteiger partial charge on any atom is -0.454 e. The first-order chi connectivity index (χ1) is 12.1. The standard InChI is InChI=1S/C17H15FN2O4S/c18-11-1-2-17-12(6-11)13(3-4-25-17)19-8-10-5-15-16(24-9-23-15)7-14(10)20(21)22/h1-2,5-7,13,19H,3-4,8-9H2/t13-/m0/s1. The number of nitrogens with one attached hydrogen (secondary N) is 1. The molecule has 0 radical (unpaired) electrons. The van der Waals surface area contributed by atoms with Gasteiger partial charge in [-0.25, -0.2) is 4.39 Å². The van der Waals surface area contributed by atoms with Gasteiger partial charge in [0.15, 0.2) is 11.5 Å². The lowest BCUT2D eigenvalue weighted by Crippen LogP contribution is -2.24. The van der Waals surface area contributed by atoms with Gasteiger partial charge in [-0.05, 0) is 42.0 Å². The second-order valence-corrected chi connectivity index (χ2v) is 6.98. The SMILES string of the molecule is O=[N+]([O-])c1cc2c(cc1CN[C@H]1CCSc3ccc(F)cc31)OCO2. The molecule has 2 aromatic rings. The van der Waals surface area contributed by atoms with Gasteiger partial charge in [-0.1, -0.05) is 0 Å². The van der Waals surface area contributed by atoms with Crippen molar-refractivity contribution in [2.75, 3.05) is 12.5 Å². The molecule has 0 amide bonds. The number of halogens is 1. The van der Waals surface area contributed by atoms with E-state index in [9.17, 15) is 14.5 Å². The minimum atomic E-state index is -0.427. The Hall–Kier alpha value is -2.32. The Labute approximate surface area is 147 Å². The van der Waals surface area contributed by atoms with Gasteiger partial charge < -0.3 is 14.8 Å². The number of nitrogens with zero attached hydrogens (tertiary/aromatic N) is 1. The first-order valence-electron chi connectivity index (χ1n) is 7.84. The van der Waals surface area contributed by atoms with E-state index in [2.05, 4.69) is 5.32 Å². The fourth-order valence-corrected chi connectivity index (χ4v) is 4.20. The van der Waals surface area contributed by atoms with Gasteiger partial charge in [0, 0.05) is 23.0 Å². The van der Waals surface area contributed by atoms with Gasteiger partial charge in [0.25, 0.3) is 5.69 Å². The maximum atomic E-state index is 13.6. The van der Waals surface area contributed by atoms with Crippen molar-refractivity contribution in [3.63, 3.8) is 0 Å². The van der Waals surface area contributed by atoms with E-state index in [1.807, 2.05) is 0 Å². The summed E-state index contributed by atoms with van der Waals surface area (Å²) in [7, 11) is 0. The zero-order valence-electron chi connectivity index (χ0n) is 13.2. The van der Waals surface area contributed by atoms with Crippen LogP contribution in [0.2, 0.25) is 0 Å². The monoisotopic (exact) mass is 362 g/mol. The molecule has 2 aromatic carbocycles. The zero-order chi connectivity index (χ0) is 17.4. The summed E-state index contributed by atoms with van der Waals surface area (Å²) >= 11 is 1.70. The maximum absolute atomic E-state index is 13.6. The predicted octanol–water partition coefficient (Wildman–Crippen LogP) is 3.79. The molecule has 0 spiro atoms. The summed E-state index contributed by atoms with van der Waals surface area (Å²) in [5.74, 6) is 1.53. The van der Waals surface area contributed by atoms with E-state index in [1.165, 1.54) is 18.2 Å². The Morgan fingerprint density at radius 1 is 1.28 bits per heavy atom. The molecule has 0 saturated heterocycles. The largest absolute Gasteiger partial charge is 0.454 e. The second kappa shape index (κ2) is 6.53. The van der Waals surface area contributed by atoms with Crippen molar-refractivity contribution < 1.29 is 18.8 Å². The van der Waals surface area contributed by atoms with Gasteiger partial charge >= 0.3 is 0 Å². The molecule has 0 saturated carbocycles. The highest BCUT2D eigenvalue weighted by molar-refractivity contribution is 7.99. The molecule has 1 atom stereocenters. The van der Waals surface area contributed by atoms with Crippen molar-refractivity contribution in [3.05, 3.63) is 57.4 Å². The lowest BCUT2D eigenvalue weighted by atomic mass is 10.0. The van der Waals surface area contributed by atoms with Gasteiger partial charge in [-0.2, -0.15) is 0 Å². The summed E-state index contributed by atoms with van der Waals surface area (Å²) in [6.45, 7) is 0.355. The molecule has 25 heavy (non-hydrogen) atoms. The van der Waals surface area contributed by atoms with Crippen LogP contribution in [-0.2, 0) is 6.54 Å². The molecule has 2 aliphatic rings. The molecule has 0 unspecified atom stereocenters. The molecule has 0 aromatic heterocycles. The van der Waals surface area contributed by atoms with E-state index < -0.39 is 4.92 Å². The van der Waals surface area contributed by atoms with Crippen LogP contribution in [0.3, 0.4) is 0 Å². The van der Waals surface area contributed by atoms with Crippen LogP contribution in [0.5, 0.6) is 11.5 Å². The van der Waals surface area contributed by atoms with Crippen LogP contribution in [0.15, 0.2) is 35.2 Å². The van der Waals surface area contributed by atoms with Crippen LogP contribution in [-0.4, -0.2) is 17.5 Å². The van der Waals surface area contributed by atoms with Gasteiger partial charge in [0.2, 0.25) is 6.79 Å². The van der Waals surface area contributed by atoms with E-state index in [1.54, 1.807) is 23.9 Å². The van der Waals surface area contributed by atoms with Crippen LogP contribution in [0.1, 0.15) is 23.6 Å². The summed E-state index contributed by atoms with van der Waals surface area (Å²) in [5, 5.41) is 14.7. The third-order valence-corrected chi connectivity index (χ3v) is 5.44. The normalized spacial score (nSPS) is 18.0. The quantitative estimate of drug-likeness (QED) is 0.659. The molecular formula is C17H15FN2O4S. The molecule has 0 fully saturated rings. The first kappa shape index (κ1) is 16.2. The molecule has 2 heterocycles. The van der Waals surface area contributed by atoms with Crippen molar-refractivity contribution in [3.8, 4) is 11.5 Å². The Morgan fingerprint density at radius 2 is 2.08 bits per heavy atom. The van der Waals surface area contributed by atoms with Gasteiger partial charge in [-0.15, -0.1) is 11.8 Å². The Balaban J connectivity index is 1.58. The predicted molar refractivity (Wildman–Crippen MR) is 90.5 cm³/mol. The summed E-state index contributed by atoms with van der Waals surface area (Å²) in [5.41, 5.74) is 1.41. The number of nitro benzene ring substituents is 1. The van der Waals surface area contributed by atoms with Gasteiger partial charge in [-0.3, -0.25) is 10.1 Å². The molecule has 130 valence electrons.